The van der Waals surface area contributed by atoms with Crippen LogP contribution < -0.4 is 10.6 Å². The molecule has 0 saturated carbocycles. The topological polar surface area (TPSA) is 69.8 Å². The molecule has 0 bridgehead atoms. The molecule has 1 amide bonds. The third-order valence-electron chi connectivity index (χ3n) is 3.35. The predicted octanol–water partition coefficient (Wildman–Crippen LogP) is 0.985. The first-order valence-electron chi connectivity index (χ1n) is 6.42. The molecule has 1 aromatic carbocycles. The Bertz CT molecular complexity index is 577. The van der Waals surface area contributed by atoms with Gasteiger partial charge in [-0.3, -0.25) is 9.89 Å². The van der Waals surface area contributed by atoms with Crippen molar-refractivity contribution >= 4 is 5.91 Å². The monoisotopic (exact) mass is 256 g/mol. The van der Waals surface area contributed by atoms with Gasteiger partial charge in [-0.1, -0.05) is 6.07 Å². The summed E-state index contributed by atoms with van der Waals surface area (Å²) in [7, 11) is 0. The van der Waals surface area contributed by atoms with Crippen LogP contribution in [0.25, 0.3) is 0 Å². The number of benzene rings is 1. The smallest absolute Gasteiger partial charge is 0.251 e. The zero-order valence-corrected chi connectivity index (χ0v) is 10.6. The fourth-order valence-corrected chi connectivity index (χ4v) is 2.28. The molecule has 0 aliphatic carbocycles. The summed E-state index contributed by atoms with van der Waals surface area (Å²) < 4.78 is 0. The van der Waals surface area contributed by atoms with Gasteiger partial charge in [0.05, 0.1) is 12.2 Å². The second-order valence-corrected chi connectivity index (χ2v) is 4.67. The highest BCUT2D eigenvalue weighted by atomic mass is 16.1. The van der Waals surface area contributed by atoms with E-state index in [-0.39, 0.29) is 5.91 Å². The molecule has 2 heterocycles. The van der Waals surface area contributed by atoms with E-state index >= 15 is 0 Å². The van der Waals surface area contributed by atoms with Crippen molar-refractivity contribution in [3.05, 3.63) is 52.8 Å². The second kappa shape index (κ2) is 5.24. The first kappa shape index (κ1) is 11.9. The Morgan fingerprint density at radius 2 is 2.26 bits per heavy atom. The Labute approximate surface area is 111 Å². The summed E-state index contributed by atoms with van der Waals surface area (Å²) in [6.45, 7) is 2.32. The Balaban J connectivity index is 1.69. The fraction of sp³-hybridized carbons (Fsp3) is 0.286. The van der Waals surface area contributed by atoms with E-state index in [1.807, 2.05) is 18.2 Å². The maximum atomic E-state index is 12.1. The second-order valence-electron chi connectivity index (χ2n) is 4.67. The predicted molar refractivity (Wildman–Crippen MR) is 71.6 cm³/mol. The van der Waals surface area contributed by atoms with Crippen LogP contribution in [-0.2, 0) is 19.5 Å². The van der Waals surface area contributed by atoms with Gasteiger partial charge >= 0.3 is 0 Å². The van der Waals surface area contributed by atoms with Gasteiger partial charge in [0.2, 0.25) is 0 Å². The van der Waals surface area contributed by atoms with Crippen molar-refractivity contribution in [3.63, 3.8) is 0 Å². The third kappa shape index (κ3) is 2.66. The van der Waals surface area contributed by atoms with Gasteiger partial charge in [0.1, 0.15) is 0 Å². The van der Waals surface area contributed by atoms with Crippen molar-refractivity contribution in [2.24, 2.45) is 0 Å². The molecule has 0 unspecified atom stereocenters. The minimum absolute atomic E-state index is 0.0528. The summed E-state index contributed by atoms with van der Waals surface area (Å²) in [5.74, 6) is -0.0528. The zero-order chi connectivity index (χ0) is 13.1. The number of hydrogen-bond donors (Lipinski definition) is 3. The van der Waals surface area contributed by atoms with Gasteiger partial charge in [-0.25, -0.2) is 0 Å². The maximum Gasteiger partial charge on any atom is 0.251 e. The maximum absolute atomic E-state index is 12.1. The number of carbonyl (C=O) groups excluding carboxylic acids is 1. The first-order valence-corrected chi connectivity index (χ1v) is 6.42. The number of nitrogens with zero attached hydrogens (tertiary/aromatic N) is 1. The van der Waals surface area contributed by atoms with E-state index in [2.05, 4.69) is 26.9 Å². The van der Waals surface area contributed by atoms with Gasteiger partial charge in [-0.2, -0.15) is 5.10 Å². The minimum atomic E-state index is -0.0528. The standard InChI is InChI=1S/C14H16N4O/c19-14(16-9-13-4-6-17-18-13)11-2-1-10-3-5-15-8-12(10)7-11/h1-2,4,6-7,15H,3,5,8-9H2,(H,16,19)(H,17,18). The van der Waals surface area contributed by atoms with Gasteiger partial charge in [0.15, 0.2) is 0 Å². The number of hydrogen-bond acceptors (Lipinski definition) is 3. The van der Waals surface area contributed by atoms with E-state index in [1.165, 1.54) is 11.1 Å². The molecule has 0 fully saturated rings. The van der Waals surface area contributed by atoms with Gasteiger partial charge in [0, 0.05) is 18.3 Å². The van der Waals surface area contributed by atoms with Crippen LogP contribution in [0.2, 0.25) is 0 Å². The van der Waals surface area contributed by atoms with Crippen LogP contribution in [-0.4, -0.2) is 22.6 Å². The van der Waals surface area contributed by atoms with E-state index in [4.69, 9.17) is 0 Å². The quantitative estimate of drug-likeness (QED) is 0.767. The summed E-state index contributed by atoms with van der Waals surface area (Å²) in [5.41, 5.74) is 4.17. The Morgan fingerprint density at radius 3 is 3.11 bits per heavy atom. The Hall–Kier alpha value is -2.14. The molecule has 2 aromatic rings. The van der Waals surface area contributed by atoms with Gasteiger partial charge in [-0.05, 0) is 42.3 Å². The minimum Gasteiger partial charge on any atom is -0.346 e. The van der Waals surface area contributed by atoms with Crippen LogP contribution in [0.5, 0.6) is 0 Å². The summed E-state index contributed by atoms with van der Waals surface area (Å²) in [5, 5.41) is 12.9. The van der Waals surface area contributed by atoms with Gasteiger partial charge in [0.25, 0.3) is 5.91 Å². The average molecular weight is 256 g/mol. The van der Waals surface area contributed by atoms with E-state index in [0.717, 1.165) is 25.2 Å². The molecular weight excluding hydrogens is 240 g/mol. The fourth-order valence-electron chi connectivity index (χ4n) is 2.28. The highest BCUT2D eigenvalue weighted by molar-refractivity contribution is 5.94. The van der Waals surface area contributed by atoms with Gasteiger partial charge < -0.3 is 10.6 Å². The van der Waals surface area contributed by atoms with E-state index in [1.54, 1.807) is 6.20 Å². The number of nitrogens with one attached hydrogen (secondary N) is 3. The number of amides is 1. The molecule has 0 saturated heterocycles. The average Bonchev–Trinajstić information content (AvgIpc) is 2.97. The summed E-state index contributed by atoms with van der Waals surface area (Å²) in [6.07, 6.45) is 2.71. The number of fused-ring (bicyclic) bond motifs is 1. The molecule has 3 rings (SSSR count). The highest BCUT2D eigenvalue weighted by Gasteiger charge is 2.12. The normalized spacial score (nSPS) is 13.9. The molecule has 1 aromatic heterocycles. The third-order valence-corrected chi connectivity index (χ3v) is 3.35. The van der Waals surface area contributed by atoms with E-state index < -0.39 is 0 Å². The highest BCUT2D eigenvalue weighted by Crippen LogP contribution is 2.15. The number of rotatable bonds is 3. The van der Waals surface area contributed by atoms with Crippen molar-refractivity contribution in [2.75, 3.05) is 6.54 Å². The molecule has 19 heavy (non-hydrogen) atoms. The van der Waals surface area contributed by atoms with Crippen molar-refractivity contribution in [1.29, 1.82) is 0 Å². The molecule has 0 spiro atoms. The van der Waals surface area contributed by atoms with Crippen LogP contribution in [0.1, 0.15) is 27.2 Å². The lowest BCUT2D eigenvalue weighted by molar-refractivity contribution is 0.0950. The molecule has 1 aliphatic rings. The van der Waals surface area contributed by atoms with Crippen LogP contribution in [0.15, 0.2) is 30.5 Å². The van der Waals surface area contributed by atoms with Crippen LogP contribution in [0.3, 0.4) is 0 Å². The number of H-pyrrole nitrogens is 1. The lowest BCUT2D eigenvalue weighted by Gasteiger charge is -2.17. The lowest BCUT2D eigenvalue weighted by Crippen LogP contribution is -2.26. The molecule has 3 N–H and O–H groups in total. The molecular formula is C14H16N4O. The molecule has 5 nitrogen and oxygen atoms in total. The van der Waals surface area contributed by atoms with Crippen molar-refractivity contribution in [3.8, 4) is 0 Å². The molecule has 5 heteroatoms. The number of carbonyl (C=O) groups is 1. The summed E-state index contributed by atoms with van der Waals surface area (Å²) in [4.78, 5) is 12.1. The zero-order valence-electron chi connectivity index (χ0n) is 10.6. The summed E-state index contributed by atoms with van der Waals surface area (Å²) in [6, 6.07) is 7.77. The van der Waals surface area contributed by atoms with Crippen molar-refractivity contribution in [2.45, 2.75) is 19.5 Å². The largest absolute Gasteiger partial charge is 0.346 e. The lowest BCUT2D eigenvalue weighted by atomic mass is 9.98. The molecule has 0 radical (unpaired) electrons. The molecule has 98 valence electrons. The molecule has 0 atom stereocenters. The van der Waals surface area contributed by atoms with E-state index in [0.29, 0.717) is 12.1 Å². The van der Waals surface area contributed by atoms with Crippen molar-refractivity contribution in [1.82, 2.24) is 20.8 Å². The number of aromatic nitrogens is 2. The van der Waals surface area contributed by atoms with Crippen LogP contribution >= 0.6 is 0 Å². The molecule has 1 aliphatic heterocycles. The summed E-state index contributed by atoms with van der Waals surface area (Å²) >= 11 is 0. The van der Waals surface area contributed by atoms with Crippen LogP contribution in [0, 0.1) is 0 Å². The SMILES string of the molecule is O=C(NCc1ccn[nH]1)c1ccc2c(c1)CNCC2. The Kier molecular flexibility index (Phi) is 3.29. The number of aromatic amines is 1. The van der Waals surface area contributed by atoms with Crippen molar-refractivity contribution < 1.29 is 4.79 Å². The van der Waals surface area contributed by atoms with Crippen LogP contribution in [0.4, 0.5) is 0 Å². The first-order chi connectivity index (χ1) is 9.33. The van der Waals surface area contributed by atoms with E-state index in [9.17, 15) is 4.79 Å². The van der Waals surface area contributed by atoms with Gasteiger partial charge in [-0.15, -0.1) is 0 Å². The Morgan fingerprint density at radius 1 is 1.32 bits per heavy atom.